The minimum Gasteiger partial charge on any atom is -0.480 e. The number of anilines is 1. The van der Waals surface area contributed by atoms with Gasteiger partial charge in [0.25, 0.3) is 0 Å². The van der Waals surface area contributed by atoms with Crippen molar-refractivity contribution in [1.82, 2.24) is 0 Å². The lowest BCUT2D eigenvalue weighted by atomic mass is 10.3. The molecule has 0 spiro atoms. The predicted octanol–water partition coefficient (Wildman–Crippen LogP) is 1.26. The first-order chi connectivity index (χ1) is 8.97. The number of benzene rings is 1. The second kappa shape index (κ2) is 7.04. The number of hydrogen-bond acceptors (Lipinski definition) is 3. The van der Waals surface area contributed by atoms with Crippen molar-refractivity contribution in [3.63, 3.8) is 0 Å². The van der Waals surface area contributed by atoms with E-state index in [0.29, 0.717) is 6.54 Å². The molecule has 0 saturated heterocycles. The highest BCUT2D eigenvalue weighted by Gasteiger charge is 2.24. The van der Waals surface area contributed by atoms with Crippen LogP contribution in [-0.2, 0) is 20.4 Å². The van der Waals surface area contributed by atoms with Crippen LogP contribution in [0, 0.1) is 0 Å². The Labute approximate surface area is 114 Å². The summed E-state index contributed by atoms with van der Waals surface area (Å²) in [6.07, 6.45) is 0. The van der Waals surface area contributed by atoms with Gasteiger partial charge in [0.15, 0.2) is 0 Å². The number of carboxylic acids is 1. The molecule has 0 aliphatic carbocycles. The molecule has 6 heteroatoms. The molecule has 1 rings (SSSR count). The fraction of sp³-hybridized carbons (Fsp3) is 0.385. The fourth-order valence-corrected chi connectivity index (χ4v) is 2.42. The molecule has 19 heavy (non-hydrogen) atoms. The molecule has 0 bridgehead atoms. The number of aliphatic carboxylic acids is 1. The van der Waals surface area contributed by atoms with Crippen molar-refractivity contribution in [2.75, 3.05) is 17.2 Å². The fourth-order valence-electron chi connectivity index (χ4n) is 1.55. The molecule has 0 saturated carbocycles. The van der Waals surface area contributed by atoms with Crippen molar-refractivity contribution in [1.29, 1.82) is 0 Å². The molecular formula is C13H17NO4S. The van der Waals surface area contributed by atoms with E-state index in [4.69, 9.17) is 5.11 Å². The summed E-state index contributed by atoms with van der Waals surface area (Å²) in [5, 5.41) is 7.72. The Balaban J connectivity index is 2.76. The topological polar surface area (TPSA) is 74.7 Å². The molecule has 1 amide bonds. The zero-order valence-corrected chi connectivity index (χ0v) is 11.7. The van der Waals surface area contributed by atoms with Crippen LogP contribution < -0.4 is 4.90 Å². The highest BCUT2D eigenvalue weighted by Crippen LogP contribution is 2.13. The molecule has 1 N–H and O–H groups in total. The van der Waals surface area contributed by atoms with Crippen LogP contribution in [0.3, 0.4) is 0 Å². The molecule has 104 valence electrons. The average Bonchev–Trinajstić information content (AvgIpc) is 2.39. The van der Waals surface area contributed by atoms with E-state index in [1.54, 1.807) is 12.1 Å². The maximum Gasteiger partial charge on any atom is 0.318 e. The van der Waals surface area contributed by atoms with E-state index < -0.39 is 22.0 Å². The van der Waals surface area contributed by atoms with Crippen molar-refractivity contribution < 1.29 is 18.9 Å². The predicted molar refractivity (Wildman–Crippen MR) is 74.6 cm³/mol. The Morgan fingerprint density at radius 3 is 2.37 bits per heavy atom. The van der Waals surface area contributed by atoms with Gasteiger partial charge in [0.1, 0.15) is 11.0 Å². The maximum atomic E-state index is 12.1. The normalized spacial score (nSPS) is 13.6. The summed E-state index contributed by atoms with van der Waals surface area (Å²) in [6, 6.07) is 9.02. The van der Waals surface area contributed by atoms with Crippen molar-refractivity contribution in [2.45, 2.75) is 19.1 Å². The standard InChI is InChI=1S/C13H17NO4S/c1-3-14(11-7-5-4-6-8-11)12(15)9-19(18)10(2)13(16)17/h4-8,10H,3,9H2,1-2H3,(H,16,17). The summed E-state index contributed by atoms with van der Waals surface area (Å²) in [5.41, 5.74) is 0.718. The third-order valence-electron chi connectivity index (χ3n) is 2.69. The number of para-hydroxylation sites is 1. The summed E-state index contributed by atoms with van der Waals surface area (Å²) in [6.45, 7) is 3.60. The van der Waals surface area contributed by atoms with Gasteiger partial charge in [-0.3, -0.25) is 13.8 Å². The van der Waals surface area contributed by atoms with Gasteiger partial charge in [-0.25, -0.2) is 0 Å². The minimum atomic E-state index is -1.71. The molecular weight excluding hydrogens is 266 g/mol. The van der Waals surface area contributed by atoms with Crippen LogP contribution in [0.5, 0.6) is 0 Å². The largest absolute Gasteiger partial charge is 0.480 e. The average molecular weight is 283 g/mol. The van der Waals surface area contributed by atoms with Crippen molar-refractivity contribution in [3.8, 4) is 0 Å². The summed E-state index contributed by atoms with van der Waals surface area (Å²) in [5.74, 6) is -1.77. The van der Waals surface area contributed by atoms with Crippen molar-refractivity contribution in [3.05, 3.63) is 30.3 Å². The summed E-state index contributed by atoms with van der Waals surface area (Å²) in [7, 11) is -1.71. The minimum absolute atomic E-state index is 0.282. The molecule has 5 nitrogen and oxygen atoms in total. The maximum absolute atomic E-state index is 12.1. The van der Waals surface area contributed by atoms with E-state index in [0.717, 1.165) is 5.69 Å². The molecule has 0 radical (unpaired) electrons. The zero-order chi connectivity index (χ0) is 14.4. The van der Waals surface area contributed by atoms with Crippen LogP contribution in [0.15, 0.2) is 30.3 Å². The van der Waals surface area contributed by atoms with Crippen molar-refractivity contribution >= 4 is 28.4 Å². The van der Waals surface area contributed by atoms with Gasteiger partial charge in [0.05, 0.1) is 0 Å². The van der Waals surface area contributed by atoms with E-state index in [2.05, 4.69) is 0 Å². The SMILES string of the molecule is CCN(C(=O)CS(=O)C(C)C(=O)O)c1ccccc1. The Hall–Kier alpha value is -1.69. The molecule has 0 fully saturated rings. The van der Waals surface area contributed by atoms with Gasteiger partial charge in [-0.15, -0.1) is 0 Å². The van der Waals surface area contributed by atoms with Crippen LogP contribution in [-0.4, -0.2) is 38.7 Å². The summed E-state index contributed by atoms with van der Waals surface area (Å²) >= 11 is 0. The number of carboxylic acid groups (broad SMARTS) is 1. The van der Waals surface area contributed by atoms with Gasteiger partial charge in [0, 0.05) is 23.0 Å². The lowest BCUT2D eigenvalue weighted by Gasteiger charge is -2.21. The molecule has 1 aromatic carbocycles. The van der Waals surface area contributed by atoms with Gasteiger partial charge in [0.2, 0.25) is 5.91 Å². The third kappa shape index (κ3) is 4.17. The highest BCUT2D eigenvalue weighted by molar-refractivity contribution is 7.87. The number of amides is 1. The zero-order valence-electron chi connectivity index (χ0n) is 10.9. The first-order valence-corrected chi connectivity index (χ1v) is 7.31. The second-order valence-electron chi connectivity index (χ2n) is 3.98. The lowest BCUT2D eigenvalue weighted by Crippen LogP contribution is -2.37. The molecule has 0 aliphatic rings. The molecule has 2 unspecified atom stereocenters. The number of carbonyl (C=O) groups excluding carboxylic acids is 1. The van der Waals surface area contributed by atoms with Gasteiger partial charge in [-0.1, -0.05) is 18.2 Å². The van der Waals surface area contributed by atoms with Gasteiger partial charge in [-0.05, 0) is 26.0 Å². The Bertz CT molecular complexity index is 475. The third-order valence-corrected chi connectivity index (χ3v) is 4.21. The second-order valence-corrected chi connectivity index (χ2v) is 5.74. The highest BCUT2D eigenvalue weighted by atomic mass is 32.2. The Morgan fingerprint density at radius 2 is 1.89 bits per heavy atom. The van der Waals surface area contributed by atoms with Crippen LogP contribution >= 0.6 is 0 Å². The summed E-state index contributed by atoms with van der Waals surface area (Å²) < 4.78 is 11.7. The Kier molecular flexibility index (Phi) is 5.69. The van der Waals surface area contributed by atoms with Crippen LogP contribution in [0.2, 0.25) is 0 Å². The molecule has 0 aliphatic heterocycles. The molecule has 2 atom stereocenters. The van der Waals surface area contributed by atoms with Crippen molar-refractivity contribution in [2.24, 2.45) is 0 Å². The number of nitrogens with zero attached hydrogens (tertiary/aromatic N) is 1. The lowest BCUT2D eigenvalue weighted by molar-refractivity contribution is -0.136. The van der Waals surface area contributed by atoms with Gasteiger partial charge < -0.3 is 10.0 Å². The number of hydrogen-bond donors (Lipinski definition) is 1. The molecule has 0 heterocycles. The first kappa shape index (κ1) is 15.4. The first-order valence-electron chi connectivity index (χ1n) is 5.92. The molecule has 1 aromatic rings. The van der Waals surface area contributed by atoms with E-state index in [1.807, 2.05) is 25.1 Å². The van der Waals surface area contributed by atoms with Crippen LogP contribution in [0.25, 0.3) is 0 Å². The number of carbonyl (C=O) groups is 2. The van der Waals surface area contributed by atoms with E-state index in [9.17, 15) is 13.8 Å². The number of rotatable bonds is 6. The monoisotopic (exact) mass is 283 g/mol. The van der Waals surface area contributed by atoms with E-state index in [-0.39, 0.29) is 11.7 Å². The van der Waals surface area contributed by atoms with E-state index in [1.165, 1.54) is 11.8 Å². The van der Waals surface area contributed by atoms with E-state index >= 15 is 0 Å². The molecule has 0 aromatic heterocycles. The van der Waals surface area contributed by atoms with Gasteiger partial charge in [-0.2, -0.15) is 0 Å². The van der Waals surface area contributed by atoms with Crippen LogP contribution in [0.1, 0.15) is 13.8 Å². The van der Waals surface area contributed by atoms with Crippen LogP contribution in [0.4, 0.5) is 5.69 Å². The van der Waals surface area contributed by atoms with Gasteiger partial charge >= 0.3 is 5.97 Å². The Morgan fingerprint density at radius 1 is 1.32 bits per heavy atom. The smallest absolute Gasteiger partial charge is 0.318 e. The quantitative estimate of drug-likeness (QED) is 0.853. The summed E-state index contributed by atoms with van der Waals surface area (Å²) in [4.78, 5) is 24.3.